The molecule has 5 nitrogen and oxygen atoms in total. The number of hydrogen-bond donors (Lipinski definition) is 0. The maximum atomic E-state index is 12.2. The first-order chi connectivity index (χ1) is 11.0. The average molecular weight is 349 g/mol. The molecule has 23 heavy (non-hydrogen) atoms. The summed E-state index contributed by atoms with van der Waals surface area (Å²) in [4.78, 5) is 22.5. The van der Waals surface area contributed by atoms with Crippen LogP contribution in [0, 0.1) is 0 Å². The van der Waals surface area contributed by atoms with Crippen LogP contribution in [0.25, 0.3) is 22.6 Å². The van der Waals surface area contributed by atoms with E-state index in [1.807, 2.05) is 12.1 Å². The molecule has 0 fully saturated rings. The van der Waals surface area contributed by atoms with Crippen LogP contribution in [0.3, 0.4) is 0 Å². The number of aromatic nitrogens is 3. The largest absolute Gasteiger partial charge is 0.347 e. The lowest BCUT2D eigenvalue weighted by molar-refractivity contribution is -0.129. The number of carbonyl (C=O) groups excluding carboxylic acids is 1. The van der Waals surface area contributed by atoms with Crippen LogP contribution < -0.4 is 0 Å². The molecule has 0 saturated carbocycles. The normalized spacial score (nSPS) is 11.0. The summed E-state index contributed by atoms with van der Waals surface area (Å²) in [6, 6.07) is 8.96. The molecular weight excluding hydrogens is 335 g/mol. The lowest BCUT2D eigenvalue weighted by Crippen LogP contribution is -2.26. The third-order valence-electron chi connectivity index (χ3n) is 3.49. The van der Waals surface area contributed by atoms with Crippen molar-refractivity contribution in [3.05, 3.63) is 46.6 Å². The zero-order valence-corrected chi connectivity index (χ0v) is 14.1. The fourth-order valence-electron chi connectivity index (χ4n) is 2.27. The van der Waals surface area contributed by atoms with Gasteiger partial charge in [-0.3, -0.25) is 4.79 Å². The van der Waals surface area contributed by atoms with Crippen LogP contribution in [0.1, 0.15) is 0 Å². The molecule has 0 unspecified atom stereocenters. The molecule has 0 bridgehead atoms. The minimum atomic E-state index is -0.0561. The lowest BCUT2D eigenvalue weighted by Gasteiger charge is -2.14. The van der Waals surface area contributed by atoms with E-state index in [2.05, 4.69) is 9.97 Å². The van der Waals surface area contributed by atoms with E-state index in [-0.39, 0.29) is 12.5 Å². The van der Waals surface area contributed by atoms with Gasteiger partial charge in [0.1, 0.15) is 17.9 Å². The SMILES string of the molecule is CN(C)C(=O)Cn1c(-c2ccc(Cl)cc2)nc2nccc(Cl)c21. The fourth-order valence-corrected chi connectivity index (χ4v) is 2.64. The average Bonchev–Trinajstić information content (AvgIpc) is 2.88. The van der Waals surface area contributed by atoms with Crippen molar-refractivity contribution in [2.75, 3.05) is 14.1 Å². The van der Waals surface area contributed by atoms with Crippen molar-refractivity contribution in [3.8, 4) is 11.4 Å². The van der Waals surface area contributed by atoms with E-state index < -0.39 is 0 Å². The summed E-state index contributed by atoms with van der Waals surface area (Å²) < 4.78 is 1.79. The maximum Gasteiger partial charge on any atom is 0.242 e. The second-order valence-electron chi connectivity index (χ2n) is 5.28. The summed E-state index contributed by atoms with van der Waals surface area (Å²) in [5, 5.41) is 1.14. The second-order valence-corrected chi connectivity index (χ2v) is 6.13. The smallest absolute Gasteiger partial charge is 0.242 e. The van der Waals surface area contributed by atoms with Gasteiger partial charge in [0.15, 0.2) is 5.65 Å². The number of benzene rings is 1. The molecule has 0 atom stereocenters. The molecule has 2 aromatic heterocycles. The summed E-state index contributed by atoms with van der Waals surface area (Å²) in [6.07, 6.45) is 1.60. The molecular formula is C16H14Cl2N4O. The highest BCUT2D eigenvalue weighted by Crippen LogP contribution is 2.29. The van der Waals surface area contributed by atoms with E-state index in [1.54, 1.807) is 43.1 Å². The molecule has 1 aromatic carbocycles. The first-order valence-electron chi connectivity index (χ1n) is 6.94. The molecule has 0 saturated heterocycles. The van der Waals surface area contributed by atoms with Crippen LogP contribution in [-0.4, -0.2) is 39.4 Å². The number of amides is 1. The molecule has 0 aliphatic heterocycles. The van der Waals surface area contributed by atoms with Crippen LogP contribution in [0.2, 0.25) is 10.0 Å². The van der Waals surface area contributed by atoms with Crippen molar-refractivity contribution in [3.63, 3.8) is 0 Å². The number of halogens is 2. The van der Waals surface area contributed by atoms with Gasteiger partial charge >= 0.3 is 0 Å². The third-order valence-corrected chi connectivity index (χ3v) is 4.04. The van der Waals surface area contributed by atoms with Crippen LogP contribution >= 0.6 is 23.2 Å². The molecule has 7 heteroatoms. The van der Waals surface area contributed by atoms with E-state index in [1.165, 1.54) is 4.90 Å². The Kier molecular flexibility index (Phi) is 4.24. The Labute approximate surface area is 143 Å². The van der Waals surface area contributed by atoms with Gasteiger partial charge in [0, 0.05) is 30.9 Å². The quantitative estimate of drug-likeness (QED) is 0.727. The van der Waals surface area contributed by atoms with E-state index in [4.69, 9.17) is 23.2 Å². The second kappa shape index (κ2) is 6.18. The van der Waals surface area contributed by atoms with Crippen molar-refractivity contribution >= 4 is 40.3 Å². The molecule has 0 N–H and O–H groups in total. The summed E-state index contributed by atoms with van der Waals surface area (Å²) in [6.45, 7) is 0.132. The zero-order valence-electron chi connectivity index (χ0n) is 12.6. The van der Waals surface area contributed by atoms with Crippen LogP contribution in [-0.2, 0) is 11.3 Å². The minimum Gasteiger partial charge on any atom is -0.347 e. The summed E-state index contributed by atoms with van der Waals surface area (Å²) in [5.74, 6) is 0.576. The number of nitrogens with zero attached hydrogens (tertiary/aromatic N) is 4. The van der Waals surface area contributed by atoms with Crippen LogP contribution in [0.4, 0.5) is 0 Å². The molecule has 118 valence electrons. The van der Waals surface area contributed by atoms with Crippen molar-refractivity contribution in [2.45, 2.75) is 6.54 Å². The molecule has 0 radical (unpaired) electrons. The summed E-state index contributed by atoms with van der Waals surface area (Å²) in [5.41, 5.74) is 2.00. The molecule has 2 heterocycles. The van der Waals surface area contributed by atoms with Gasteiger partial charge in [0.25, 0.3) is 0 Å². The van der Waals surface area contributed by atoms with Gasteiger partial charge in [-0.25, -0.2) is 9.97 Å². The Morgan fingerprint density at radius 1 is 1.17 bits per heavy atom. The van der Waals surface area contributed by atoms with Gasteiger partial charge in [-0.05, 0) is 30.3 Å². The number of hydrogen-bond acceptors (Lipinski definition) is 3. The van der Waals surface area contributed by atoms with Gasteiger partial charge in [-0.1, -0.05) is 23.2 Å². The summed E-state index contributed by atoms with van der Waals surface area (Å²) >= 11 is 12.3. The Bertz CT molecular complexity index is 872. The topological polar surface area (TPSA) is 51.0 Å². The number of carbonyl (C=O) groups is 1. The highest BCUT2D eigenvalue weighted by atomic mass is 35.5. The number of likely N-dealkylation sites (N-methyl/N-ethyl adjacent to an activating group) is 1. The third kappa shape index (κ3) is 3.02. The van der Waals surface area contributed by atoms with Gasteiger partial charge < -0.3 is 9.47 Å². The standard InChI is InChI=1S/C16H14Cl2N4O/c1-21(2)13(23)9-22-14-12(18)7-8-19-15(14)20-16(22)10-3-5-11(17)6-4-10/h3-8H,9H2,1-2H3. The number of imidazole rings is 1. The van der Waals surface area contributed by atoms with Crippen molar-refractivity contribution < 1.29 is 4.79 Å². The van der Waals surface area contributed by atoms with E-state index in [9.17, 15) is 4.79 Å². The fraction of sp³-hybridized carbons (Fsp3) is 0.188. The predicted octanol–water partition coefficient (Wildman–Crippen LogP) is 3.49. The van der Waals surface area contributed by atoms with Gasteiger partial charge in [-0.2, -0.15) is 0 Å². The van der Waals surface area contributed by atoms with Gasteiger partial charge in [-0.15, -0.1) is 0 Å². The Hall–Kier alpha value is -2.11. The molecule has 0 spiro atoms. The van der Waals surface area contributed by atoms with E-state index >= 15 is 0 Å². The highest BCUT2D eigenvalue weighted by Gasteiger charge is 2.18. The van der Waals surface area contributed by atoms with Crippen molar-refractivity contribution in [1.82, 2.24) is 19.4 Å². The first-order valence-corrected chi connectivity index (χ1v) is 7.70. The Morgan fingerprint density at radius 3 is 2.52 bits per heavy atom. The predicted molar refractivity (Wildman–Crippen MR) is 91.7 cm³/mol. The number of pyridine rings is 1. The Balaban J connectivity index is 2.22. The molecule has 3 aromatic rings. The number of fused-ring (bicyclic) bond motifs is 1. The highest BCUT2D eigenvalue weighted by molar-refractivity contribution is 6.34. The summed E-state index contributed by atoms with van der Waals surface area (Å²) in [7, 11) is 3.42. The maximum absolute atomic E-state index is 12.2. The van der Waals surface area contributed by atoms with Crippen LogP contribution in [0.15, 0.2) is 36.5 Å². The molecule has 0 aliphatic rings. The molecule has 0 aliphatic carbocycles. The number of rotatable bonds is 3. The zero-order chi connectivity index (χ0) is 16.6. The lowest BCUT2D eigenvalue weighted by atomic mass is 10.2. The van der Waals surface area contributed by atoms with Crippen molar-refractivity contribution in [1.29, 1.82) is 0 Å². The van der Waals surface area contributed by atoms with E-state index in [0.717, 1.165) is 5.56 Å². The molecule has 1 amide bonds. The monoisotopic (exact) mass is 348 g/mol. The minimum absolute atomic E-state index is 0.0561. The van der Waals surface area contributed by atoms with Gasteiger partial charge in [0.05, 0.1) is 5.02 Å². The Morgan fingerprint density at radius 2 is 1.87 bits per heavy atom. The molecule has 3 rings (SSSR count). The van der Waals surface area contributed by atoms with Crippen molar-refractivity contribution in [2.24, 2.45) is 0 Å². The van der Waals surface area contributed by atoms with E-state index in [0.29, 0.717) is 27.0 Å². The first kappa shape index (κ1) is 15.8. The van der Waals surface area contributed by atoms with Gasteiger partial charge in [0.2, 0.25) is 5.91 Å². The van der Waals surface area contributed by atoms with Crippen LogP contribution in [0.5, 0.6) is 0 Å².